The van der Waals surface area contributed by atoms with Crippen LogP contribution in [0.25, 0.3) is 0 Å². The van der Waals surface area contributed by atoms with Crippen molar-refractivity contribution in [2.45, 2.75) is 38.1 Å². The zero-order chi connectivity index (χ0) is 13.0. The van der Waals surface area contributed by atoms with E-state index in [1.807, 2.05) is 4.90 Å². The number of ether oxygens (including phenoxy) is 1. The van der Waals surface area contributed by atoms with Crippen LogP contribution in [-0.4, -0.2) is 49.6 Å². The zero-order valence-corrected chi connectivity index (χ0v) is 11.0. The zero-order valence-electron chi connectivity index (χ0n) is 11.0. The van der Waals surface area contributed by atoms with Crippen LogP contribution in [0.5, 0.6) is 0 Å². The smallest absolute Gasteiger partial charge is 0.308 e. The molecule has 5 nitrogen and oxygen atoms in total. The van der Waals surface area contributed by atoms with Crippen LogP contribution in [0.2, 0.25) is 0 Å². The van der Waals surface area contributed by atoms with E-state index in [1.54, 1.807) is 0 Å². The topological polar surface area (TPSA) is 58.6 Å². The van der Waals surface area contributed by atoms with Crippen LogP contribution in [0.15, 0.2) is 0 Å². The Balaban J connectivity index is 1.81. The lowest BCUT2D eigenvalue weighted by molar-refractivity contribution is -0.149. The maximum atomic E-state index is 12.2. The molecule has 2 saturated heterocycles. The fraction of sp³-hybridized carbons (Fsp3) is 0.846. The van der Waals surface area contributed by atoms with Gasteiger partial charge in [0.05, 0.1) is 19.1 Å². The molecule has 0 bridgehead atoms. The summed E-state index contributed by atoms with van der Waals surface area (Å²) in [7, 11) is 1.42. The van der Waals surface area contributed by atoms with E-state index in [0.717, 1.165) is 38.6 Å². The molecule has 2 aliphatic heterocycles. The van der Waals surface area contributed by atoms with Gasteiger partial charge in [-0.05, 0) is 32.2 Å². The number of hydrogen-bond acceptors (Lipinski definition) is 4. The molecule has 2 rings (SSSR count). The number of nitrogens with one attached hydrogen (secondary N) is 1. The Morgan fingerprint density at radius 1 is 1.17 bits per heavy atom. The number of rotatable bonds is 2. The second-order valence-corrected chi connectivity index (χ2v) is 5.13. The minimum absolute atomic E-state index is 0.00609. The van der Waals surface area contributed by atoms with Crippen molar-refractivity contribution in [3.63, 3.8) is 0 Å². The van der Waals surface area contributed by atoms with Crippen molar-refractivity contribution < 1.29 is 14.3 Å². The number of hydrogen-bond donors (Lipinski definition) is 1. The molecule has 2 heterocycles. The van der Waals surface area contributed by atoms with Crippen LogP contribution in [-0.2, 0) is 14.3 Å². The Morgan fingerprint density at radius 2 is 1.89 bits per heavy atom. The number of carbonyl (C=O) groups is 2. The molecule has 0 aromatic heterocycles. The van der Waals surface area contributed by atoms with E-state index in [2.05, 4.69) is 5.32 Å². The number of piperidine rings is 2. The van der Waals surface area contributed by atoms with Gasteiger partial charge in [0.25, 0.3) is 0 Å². The van der Waals surface area contributed by atoms with Gasteiger partial charge in [0.1, 0.15) is 0 Å². The van der Waals surface area contributed by atoms with Crippen molar-refractivity contribution in [2.75, 3.05) is 26.7 Å². The largest absolute Gasteiger partial charge is 0.469 e. The lowest BCUT2D eigenvalue weighted by atomic mass is 9.95. The monoisotopic (exact) mass is 254 g/mol. The molecule has 1 atom stereocenters. The van der Waals surface area contributed by atoms with Gasteiger partial charge in [-0.3, -0.25) is 9.59 Å². The summed E-state index contributed by atoms with van der Waals surface area (Å²) in [5.41, 5.74) is 0. The van der Waals surface area contributed by atoms with E-state index in [0.29, 0.717) is 13.1 Å². The standard InChI is InChI=1S/C13H22N2O3/c1-18-13(17)10-5-8-15(9-6-10)12(16)11-4-2-3-7-14-11/h10-11,14H,2-9H2,1H3. The Bertz CT molecular complexity index is 305. The molecular formula is C13H22N2O3. The molecule has 1 amide bonds. The first kappa shape index (κ1) is 13.3. The van der Waals surface area contributed by atoms with Crippen LogP contribution < -0.4 is 5.32 Å². The molecule has 18 heavy (non-hydrogen) atoms. The normalized spacial score (nSPS) is 25.8. The van der Waals surface area contributed by atoms with Crippen molar-refractivity contribution in [3.05, 3.63) is 0 Å². The summed E-state index contributed by atoms with van der Waals surface area (Å²) in [6, 6.07) is -0.00609. The third kappa shape index (κ3) is 3.02. The molecule has 5 heteroatoms. The fourth-order valence-electron chi connectivity index (χ4n) is 2.79. The Hall–Kier alpha value is -1.10. The number of amides is 1. The van der Waals surface area contributed by atoms with Crippen molar-refractivity contribution in [2.24, 2.45) is 5.92 Å². The maximum Gasteiger partial charge on any atom is 0.308 e. The second-order valence-electron chi connectivity index (χ2n) is 5.13. The molecule has 102 valence electrons. The van der Waals surface area contributed by atoms with Gasteiger partial charge in [-0.25, -0.2) is 0 Å². The first-order valence-electron chi connectivity index (χ1n) is 6.82. The summed E-state index contributed by atoms with van der Waals surface area (Å²) < 4.78 is 4.75. The molecule has 0 aromatic carbocycles. The Morgan fingerprint density at radius 3 is 2.44 bits per heavy atom. The summed E-state index contributed by atoms with van der Waals surface area (Å²) in [6.45, 7) is 2.29. The third-order valence-electron chi connectivity index (χ3n) is 3.95. The van der Waals surface area contributed by atoms with E-state index in [4.69, 9.17) is 4.74 Å². The summed E-state index contributed by atoms with van der Waals surface area (Å²) in [6.07, 6.45) is 4.68. The summed E-state index contributed by atoms with van der Waals surface area (Å²) in [5, 5.41) is 3.28. The van der Waals surface area contributed by atoms with E-state index in [9.17, 15) is 9.59 Å². The van der Waals surface area contributed by atoms with Crippen LogP contribution >= 0.6 is 0 Å². The number of carbonyl (C=O) groups excluding carboxylic acids is 2. The van der Waals surface area contributed by atoms with Gasteiger partial charge in [-0.1, -0.05) is 6.42 Å². The molecule has 0 aromatic rings. The van der Waals surface area contributed by atoms with Crippen LogP contribution in [0.4, 0.5) is 0 Å². The highest BCUT2D eigenvalue weighted by Gasteiger charge is 2.31. The molecule has 2 aliphatic rings. The van der Waals surface area contributed by atoms with Gasteiger partial charge < -0.3 is 15.0 Å². The SMILES string of the molecule is COC(=O)C1CCN(C(=O)C2CCCCN2)CC1. The quantitative estimate of drug-likeness (QED) is 0.731. The maximum absolute atomic E-state index is 12.2. The summed E-state index contributed by atoms with van der Waals surface area (Å²) in [5.74, 6) is 0.0364. The molecule has 0 saturated carbocycles. The number of likely N-dealkylation sites (tertiary alicyclic amines) is 1. The molecule has 0 aliphatic carbocycles. The molecular weight excluding hydrogens is 232 g/mol. The van der Waals surface area contributed by atoms with E-state index < -0.39 is 0 Å². The van der Waals surface area contributed by atoms with Gasteiger partial charge in [0.2, 0.25) is 5.91 Å². The van der Waals surface area contributed by atoms with Crippen molar-refractivity contribution >= 4 is 11.9 Å². The van der Waals surface area contributed by atoms with Crippen molar-refractivity contribution in [3.8, 4) is 0 Å². The van der Waals surface area contributed by atoms with Gasteiger partial charge in [-0.2, -0.15) is 0 Å². The third-order valence-corrected chi connectivity index (χ3v) is 3.95. The predicted octanol–water partition coefficient (Wildman–Crippen LogP) is 0.540. The molecule has 1 unspecified atom stereocenters. The lowest BCUT2D eigenvalue weighted by Gasteiger charge is -2.34. The predicted molar refractivity (Wildman–Crippen MR) is 67.0 cm³/mol. The van der Waals surface area contributed by atoms with Crippen molar-refractivity contribution in [1.82, 2.24) is 10.2 Å². The lowest BCUT2D eigenvalue weighted by Crippen LogP contribution is -2.51. The number of esters is 1. The van der Waals surface area contributed by atoms with Crippen LogP contribution in [0.1, 0.15) is 32.1 Å². The summed E-state index contributed by atoms with van der Waals surface area (Å²) in [4.78, 5) is 25.5. The van der Waals surface area contributed by atoms with Gasteiger partial charge in [0, 0.05) is 13.1 Å². The minimum Gasteiger partial charge on any atom is -0.469 e. The van der Waals surface area contributed by atoms with Crippen LogP contribution in [0.3, 0.4) is 0 Å². The fourth-order valence-corrected chi connectivity index (χ4v) is 2.79. The highest BCUT2D eigenvalue weighted by atomic mass is 16.5. The minimum atomic E-state index is -0.141. The molecule has 0 spiro atoms. The van der Waals surface area contributed by atoms with E-state index in [-0.39, 0.29) is 23.8 Å². The molecule has 0 radical (unpaired) electrons. The van der Waals surface area contributed by atoms with Crippen LogP contribution in [0, 0.1) is 5.92 Å². The first-order valence-corrected chi connectivity index (χ1v) is 6.82. The molecule has 2 fully saturated rings. The average molecular weight is 254 g/mol. The second kappa shape index (κ2) is 6.18. The summed E-state index contributed by atoms with van der Waals surface area (Å²) >= 11 is 0. The highest BCUT2D eigenvalue weighted by Crippen LogP contribution is 2.20. The Labute approximate surface area is 108 Å². The van der Waals surface area contributed by atoms with Gasteiger partial charge >= 0.3 is 5.97 Å². The molecule has 1 N–H and O–H groups in total. The Kier molecular flexibility index (Phi) is 4.58. The number of methoxy groups -OCH3 is 1. The van der Waals surface area contributed by atoms with E-state index in [1.165, 1.54) is 7.11 Å². The first-order chi connectivity index (χ1) is 8.72. The van der Waals surface area contributed by atoms with Gasteiger partial charge in [0.15, 0.2) is 0 Å². The highest BCUT2D eigenvalue weighted by molar-refractivity contribution is 5.82. The van der Waals surface area contributed by atoms with Gasteiger partial charge in [-0.15, -0.1) is 0 Å². The van der Waals surface area contributed by atoms with Crippen molar-refractivity contribution in [1.29, 1.82) is 0 Å². The van der Waals surface area contributed by atoms with E-state index >= 15 is 0 Å². The average Bonchev–Trinajstić information content (AvgIpc) is 2.47. The number of nitrogens with zero attached hydrogens (tertiary/aromatic N) is 1.